The zero-order valence-corrected chi connectivity index (χ0v) is 15.4. The molecular weight excluding hydrogens is 400 g/mol. The molecule has 0 fully saturated rings. The molecule has 0 bridgehead atoms. The Labute approximate surface area is 156 Å². The molecule has 0 aliphatic carbocycles. The number of carbonyl (C=O) groups is 1. The maximum absolute atomic E-state index is 12.6. The monoisotopic (exact) mass is 412 g/mol. The zero-order valence-electron chi connectivity index (χ0n) is 13.0. The summed E-state index contributed by atoms with van der Waals surface area (Å²) < 4.78 is 2.82. The van der Waals surface area contributed by atoms with Crippen LogP contribution in [-0.2, 0) is 11.3 Å². The number of hydrogen-bond donors (Lipinski definition) is 1. The number of para-hydroxylation sites is 2. The first-order chi connectivity index (χ1) is 12.2. The quantitative estimate of drug-likeness (QED) is 0.534. The highest BCUT2D eigenvalue weighted by Gasteiger charge is 2.16. The summed E-state index contributed by atoms with van der Waals surface area (Å²) in [6.07, 6.45) is 0. The number of amides is 1. The SMILES string of the molecule is O=C(Cn1c(-c2cscn2)nc2ccccc21)Nc1cccc(Br)c1. The second-order valence-electron chi connectivity index (χ2n) is 5.44. The van der Waals surface area contributed by atoms with Crippen LogP contribution in [0.3, 0.4) is 0 Å². The van der Waals surface area contributed by atoms with Gasteiger partial charge in [-0.3, -0.25) is 4.79 Å². The second-order valence-corrected chi connectivity index (χ2v) is 7.08. The van der Waals surface area contributed by atoms with Crippen molar-refractivity contribution in [3.63, 3.8) is 0 Å². The van der Waals surface area contributed by atoms with E-state index in [-0.39, 0.29) is 12.5 Å². The summed E-state index contributed by atoms with van der Waals surface area (Å²) in [6, 6.07) is 15.3. The molecule has 25 heavy (non-hydrogen) atoms. The second kappa shape index (κ2) is 6.78. The van der Waals surface area contributed by atoms with E-state index in [1.165, 1.54) is 11.3 Å². The number of aromatic nitrogens is 3. The van der Waals surface area contributed by atoms with Crippen LogP contribution in [0.2, 0.25) is 0 Å². The van der Waals surface area contributed by atoms with E-state index in [4.69, 9.17) is 0 Å². The standard InChI is InChI=1S/C18H13BrN4OS/c19-12-4-3-5-13(8-12)21-17(24)9-23-16-7-2-1-6-14(16)22-18(23)15-10-25-11-20-15/h1-8,10-11H,9H2,(H,21,24). The Bertz CT molecular complexity index is 1040. The zero-order chi connectivity index (χ0) is 17.2. The summed E-state index contributed by atoms with van der Waals surface area (Å²) >= 11 is 4.92. The van der Waals surface area contributed by atoms with Gasteiger partial charge in [0, 0.05) is 15.5 Å². The minimum atomic E-state index is -0.113. The molecule has 1 amide bonds. The van der Waals surface area contributed by atoms with Gasteiger partial charge in [-0.15, -0.1) is 11.3 Å². The molecule has 0 aliphatic heterocycles. The van der Waals surface area contributed by atoms with E-state index in [0.29, 0.717) is 5.82 Å². The summed E-state index contributed by atoms with van der Waals surface area (Å²) in [5, 5.41) is 4.86. The van der Waals surface area contributed by atoms with E-state index in [9.17, 15) is 4.79 Å². The Morgan fingerprint density at radius 2 is 2.08 bits per heavy atom. The fourth-order valence-corrected chi connectivity index (χ4v) is 3.59. The van der Waals surface area contributed by atoms with Crippen molar-refractivity contribution in [2.24, 2.45) is 0 Å². The molecule has 124 valence electrons. The number of thiazole rings is 1. The third-order valence-electron chi connectivity index (χ3n) is 3.73. The summed E-state index contributed by atoms with van der Waals surface area (Å²) in [6.45, 7) is 0.167. The summed E-state index contributed by atoms with van der Waals surface area (Å²) in [7, 11) is 0. The van der Waals surface area contributed by atoms with Crippen LogP contribution < -0.4 is 5.32 Å². The molecule has 7 heteroatoms. The molecule has 0 atom stereocenters. The van der Waals surface area contributed by atoms with Gasteiger partial charge in [0.05, 0.1) is 16.5 Å². The average Bonchev–Trinajstić information content (AvgIpc) is 3.23. The lowest BCUT2D eigenvalue weighted by Crippen LogP contribution is -2.19. The van der Waals surface area contributed by atoms with Crippen LogP contribution in [0.15, 0.2) is 63.9 Å². The van der Waals surface area contributed by atoms with Gasteiger partial charge in [-0.25, -0.2) is 9.97 Å². The molecule has 0 unspecified atom stereocenters. The lowest BCUT2D eigenvalue weighted by Gasteiger charge is -2.09. The third kappa shape index (κ3) is 3.33. The van der Waals surface area contributed by atoms with Crippen LogP contribution in [-0.4, -0.2) is 20.4 Å². The predicted molar refractivity (Wildman–Crippen MR) is 104 cm³/mol. The maximum Gasteiger partial charge on any atom is 0.244 e. The van der Waals surface area contributed by atoms with Crippen molar-refractivity contribution in [3.8, 4) is 11.5 Å². The normalized spacial score (nSPS) is 10.9. The highest BCUT2D eigenvalue weighted by Crippen LogP contribution is 2.25. The molecule has 2 aromatic carbocycles. The van der Waals surface area contributed by atoms with E-state index >= 15 is 0 Å². The summed E-state index contributed by atoms with van der Waals surface area (Å²) in [5.41, 5.74) is 5.05. The maximum atomic E-state index is 12.6. The fraction of sp³-hybridized carbons (Fsp3) is 0.0556. The van der Waals surface area contributed by atoms with Crippen molar-refractivity contribution in [3.05, 3.63) is 63.9 Å². The number of hydrogen-bond acceptors (Lipinski definition) is 4. The van der Waals surface area contributed by atoms with Gasteiger partial charge in [-0.2, -0.15) is 0 Å². The van der Waals surface area contributed by atoms with Crippen LogP contribution in [0.25, 0.3) is 22.6 Å². The number of imidazole rings is 1. The van der Waals surface area contributed by atoms with Gasteiger partial charge < -0.3 is 9.88 Å². The molecule has 4 aromatic rings. The lowest BCUT2D eigenvalue weighted by atomic mass is 10.3. The van der Waals surface area contributed by atoms with Crippen molar-refractivity contribution in [1.82, 2.24) is 14.5 Å². The lowest BCUT2D eigenvalue weighted by molar-refractivity contribution is -0.116. The van der Waals surface area contributed by atoms with E-state index in [2.05, 4.69) is 31.2 Å². The van der Waals surface area contributed by atoms with Crippen molar-refractivity contribution in [2.45, 2.75) is 6.54 Å². The molecule has 4 rings (SSSR count). The first-order valence-corrected chi connectivity index (χ1v) is 9.33. The van der Waals surface area contributed by atoms with E-state index in [1.807, 2.05) is 58.5 Å². The molecule has 0 saturated heterocycles. The van der Waals surface area contributed by atoms with Crippen molar-refractivity contribution in [1.29, 1.82) is 0 Å². The number of benzene rings is 2. The van der Waals surface area contributed by atoms with E-state index in [0.717, 1.165) is 26.9 Å². The number of anilines is 1. The van der Waals surface area contributed by atoms with E-state index in [1.54, 1.807) is 5.51 Å². The molecule has 2 heterocycles. The number of fused-ring (bicyclic) bond motifs is 1. The van der Waals surface area contributed by atoms with Crippen molar-refractivity contribution >= 4 is 49.9 Å². The third-order valence-corrected chi connectivity index (χ3v) is 4.81. The van der Waals surface area contributed by atoms with Crippen LogP contribution in [0.4, 0.5) is 5.69 Å². The number of carbonyl (C=O) groups excluding carboxylic acids is 1. The smallest absolute Gasteiger partial charge is 0.244 e. The Morgan fingerprint density at radius 3 is 2.88 bits per heavy atom. The molecule has 0 radical (unpaired) electrons. The highest BCUT2D eigenvalue weighted by molar-refractivity contribution is 9.10. The topological polar surface area (TPSA) is 59.8 Å². The first-order valence-electron chi connectivity index (χ1n) is 7.60. The largest absolute Gasteiger partial charge is 0.324 e. The number of nitrogens with one attached hydrogen (secondary N) is 1. The Morgan fingerprint density at radius 1 is 1.20 bits per heavy atom. The van der Waals surface area contributed by atoms with Crippen LogP contribution in [0, 0.1) is 0 Å². The van der Waals surface area contributed by atoms with Crippen LogP contribution in [0.1, 0.15) is 0 Å². The van der Waals surface area contributed by atoms with Gasteiger partial charge in [0.2, 0.25) is 5.91 Å². The van der Waals surface area contributed by atoms with Gasteiger partial charge in [0.15, 0.2) is 5.82 Å². The number of nitrogens with zero attached hydrogens (tertiary/aromatic N) is 3. The minimum absolute atomic E-state index is 0.113. The predicted octanol–water partition coefficient (Wildman–Crippen LogP) is 4.56. The molecular formula is C18H13BrN4OS. The molecule has 0 saturated carbocycles. The van der Waals surface area contributed by atoms with Gasteiger partial charge in [0.1, 0.15) is 12.2 Å². The van der Waals surface area contributed by atoms with Crippen molar-refractivity contribution < 1.29 is 4.79 Å². The highest BCUT2D eigenvalue weighted by atomic mass is 79.9. The number of halogens is 1. The summed E-state index contributed by atoms with van der Waals surface area (Å²) in [4.78, 5) is 21.6. The van der Waals surface area contributed by atoms with Gasteiger partial charge in [-0.05, 0) is 30.3 Å². The van der Waals surface area contributed by atoms with Gasteiger partial charge in [-0.1, -0.05) is 34.1 Å². The number of rotatable bonds is 4. The van der Waals surface area contributed by atoms with Gasteiger partial charge in [0.25, 0.3) is 0 Å². The van der Waals surface area contributed by atoms with Crippen LogP contribution >= 0.6 is 27.3 Å². The molecule has 0 aliphatic rings. The molecule has 0 spiro atoms. The van der Waals surface area contributed by atoms with E-state index < -0.39 is 0 Å². The molecule has 1 N–H and O–H groups in total. The summed E-state index contributed by atoms with van der Waals surface area (Å²) in [5.74, 6) is 0.588. The fourth-order valence-electron chi connectivity index (χ4n) is 2.66. The Hall–Kier alpha value is -2.51. The van der Waals surface area contributed by atoms with Gasteiger partial charge >= 0.3 is 0 Å². The minimum Gasteiger partial charge on any atom is -0.324 e. The molecule has 5 nitrogen and oxygen atoms in total. The average molecular weight is 413 g/mol. The molecule has 2 aromatic heterocycles. The van der Waals surface area contributed by atoms with Crippen LogP contribution in [0.5, 0.6) is 0 Å². The Kier molecular flexibility index (Phi) is 4.33. The Balaban J connectivity index is 1.68. The van der Waals surface area contributed by atoms with Crippen molar-refractivity contribution in [2.75, 3.05) is 5.32 Å². The first kappa shape index (κ1) is 16.0.